The molecule has 1 aromatic carbocycles. The van der Waals surface area contributed by atoms with E-state index in [1.54, 1.807) is 14.2 Å². The van der Waals surface area contributed by atoms with Crippen molar-refractivity contribution >= 4 is 29.9 Å². The van der Waals surface area contributed by atoms with Gasteiger partial charge in [-0.15, -0.1) is 24.0 Å². The third-order valence-corrected chi connectivity index (χ3v) is 2.71. The molecule has 1 rings (SSSR count). The highest BCUT2D eigenvalue weighted by Crippen LogP contribution is 2.17. The van der Waals surface area contributed by atoms with Crippen molar-refractivity contribution in [3.63, 3.8) is 0 Å². The Labute approximate surface area is 150 Å². The molecule has 0 aliphatic carbocycles. The Morgan fingerprint density at radius 1 is 1.23 bits per heavy atom. The normalized spacial score (nSPS) is 11.6. The lowest BCUT2D eigenvalue weighted by atomic mass is 10.1. The fourth-order valence-corrected chi connectivity index (χ4v) is 1.78. The van der Waals surface area contributed by atoms with Gasteiger partial charge in [0.25, 0.3) is 0 Å². The first kappa shape index (κ1) is 21.0. The Hall–Kier alpha value is -1.02. The third-order valence-electron chi connectivity index (χ3n) is 2.71. The Bertz CT molecular complexity index is 459. The lowest BCUT2D eigenvalue weighted by Gasteiger charge is -2.23. The zero-order valence-corrected chi connectivity index (χ0v) is 16.4. The van der Waals surface area contributed by atoms with Gasteiger partial charge in [0, 0.05) is 24.7 Å². The summed E-state index contributed by atoms with van der Waals surface area (Å²) in [6.07, 6.45) is 0. The minimum atomic E-state index is -0.0138. The predicted molar refractivity (Wildman–Crippen MR) is 102 cm³/mol. The molecule has 0 saturated heterocycles. The van der Waals surface area contributed by atoms with Crippen LogP contribution in [0.15, 0.2) is 29.3 Å². The van der Waals surface area contributed by atoms with Gasteiger partial charge in [0.1, 0.15) is 5.75 Å². The van der Waals surface area contributed by atoms with E-state index in [-0.39, 0.29) is 29.5 Å². The quantitative estimate of drug-likeness (QED) is 0.321. The van der Waals surface area contributed by atoms with Gasteiger partial charge in [-0.25, -0.2) is 0 Å². The zero-order valence-electron chi connectivity index (χ0n) is 14.1. The molecule has 0 atom stereocenters. The van der Waals surface area contributed by atoms with Crippen LogP contribution in [0.4, 0.5) is 0 Å². The van der Waals surface area contributed by atoms with Crippen molar-refractivity contribution in [2.24, 2.45) is 4.99 Å². The van der Waals surface area contributed by atoms with Crippen molar-refractivity contribution in [2.45, 2.75) is 32.9 Å². The molecule has 1 aromatic rings. The summed E-state index contributed by atoms with van der Waals surface area (Å²) in [7, 11) is 3.43. The third kappa shape index (κ3) is 8.43. The summed E-state index contributed by atoms with van der Waals surface area (Å²) in [6.45, 7) is 8.12. The maximum absolute atomic E-state index is 5.66. The van der Waals surface area contributed by atoms with Gasteiger partial charge in [-0.1, -0.05) is 18.2 Å². The van der Waals surface area contributed by atoms with Crippen LogP contribution in [0.2, 0.25) is 0 Å². The average molecular weight is 421 g/mol. The summed E-state index contributed by atoms with van der Waals surface area (Å²) in [6, 6.07) is 7.87. The van der Waals surface area contributed by atoms with Crippen molar-refractivity contribution < 1.29 is 9.47 Å². The maximum Gasteiger partial charge on any atom is 0.191 e. The molecule has 0 amide bonds. The fourth-order valence-electron chi connectivity index (χ4n) is 1.78. The second-order valence-corrected chi connectivity index (χ2v) is 5.74. The van der Waals surface area contributed by atoms with E-state index in [9.17, 15) is 0 Å². The molecule has 0 fully saturated rings. The van der Waals surface area contributed by atoms with Crippen molar-refractivity contribution in [1.29, 1.82) is 0 Å². The van der Waals surface area contributed by atoms with Crippen LogP contribution in [0, 0.1) is 0 Å². The molecule has 5 nitrogen and oxygen atoms in total. The van der Waals surface area contributed by atoms with Gasteiger partial charge in [-0.05, 0) is 26.8 Å². The number of guanidine groups is 1. The van der Waals surface area contributed by atoms with Crippen LogP contribution in [0.1, 0.15) is 26.3 Å². The number of hydrogen-bond donors (Lipinski definition) is 2. The molecule has 6 heteroatoms. The highest BCUT2D eigenvalue weighted by molar-refractivity contribution is 14.0. The monoisotopic (exact) mass is 421 g/mol. The van der Waals surface area contributed by atoms with Gasteiger partial charge >= 0.3 is 0 Å². The smallest absolute Gasteiger partial charge is 0.191 e. The van der Waals surface area contributed by atoms with E-state index in [2.05, 4.69) is 36.4 Å². The Balaban J connectivity index is 0.00000441. The molecule has 2 N–H and O–H groups in total. The molecule has 0 aliphatic heterocycles. The average Bonchev–Trinajstić information content (AvgIpc) is 2.44. The van der Waals surface area contributed by atoms with Crippen LogP contribution in [-0.2, 0) is 11.3 Å². The summed E-state index contributed by atoms with van der Waals surface area (Å²) in [5.74, 6) is 1.64. The molecule has 0 aromatic heterocycles. The number of nitrogens with one attached hydrogen (secondary N) is 2. The number of hydrogen-bond acceptors (Lipinski definition) is 3. The fraction of sp³-hybridized carbons (Fsp3) is 0.562. The molecular weight excluding hydrogens is 393 g/mol. The summed E-state index contributed by atoms with van der Waals surface area (Å²) in [5.41, 5.74) is 1.04. The van der Waals surface area contributed by atoms with Crippen LogP contribution < -0.4 is 15.4 Å². The first-order valence-electron chi connectivity index (χ1n) is 7.15. The van der Waals surface area contributed by atoms with Crippen molar-refractivity contribution in [1.82, 2.24) is 10.6 Å². The van der Waals surface area contributed by atoms with E-state index in [0.717, 1.165) is 17.3 Å². The summed E-state index contributed by atoms with van der Waals surface area (Å²) in [5, 5.41) is 6.52. The SMILES string of the molecule is CN=C(NCCOCc1ccccc1OC)NC(C)(C)C.I. The second kappa shape index (κ2) is 10.7. The van der Waals surface area contributed by atoms with E-state index in [4.69, 9.17) is 9.47 Å². The molecule has 0 heterocycles. The van der Waals surface area contributed by atoms with Crippen LogP contribution in [-0.4, -0.2) is 38.8 Å². The second-order valence-electron chi connectivity index (χ2n) is 5.74. The molecule has 0 unspecified atom stereocenters. The summed E-state index contributed by atoms with van der Waals surface area (Å²) >= 11 is 0. The van der Waals surface area contributed by atoms with Gasteiger partial charge in [-0.2, -0.15) is 0 Å². The number of rotatable bonds is 6. The van der Waals surface area contributed by atoms with Crippen molar-refractivity contribution in [3.05, 3.63) is 29.8 Å². The maximum atomic E-state index is 5.66. The Morgan fingerprint density at radius 3 is 2.50 bits per heavy atom. The van der Waals surface area contributed by atoms with Gasteiger partial charge in [0.2, 0.25) is 0 Å². The number of ether oxygens (including phenoxy) is 2. The Morgan fingerprint density at radius 2 is 1.91 bits per heavy atom. The molecule has 0 radical (unpaired) electrons. The molecule has 0 spiro atoms. The summed E-state index contributed by atoms with van der Waals surface area (Å²) < 4.78 is 11.0. The molecule has 0 aliphatic rings. The molecular formula is C16H28IN3O2. The van der Waals surface area contributed by atoms with Crippen LogP contribution in [0.5, 0.6) is 5.75 Å². The largest absolute Gasteiger partial charge is 0.496 e. The van der Waals surface area contributed by atoms with Crippen molar-refractivity contribution in [3.8, 4) is 5.75 Å². The number of para-hydroxylation sites is 1. The van der Waals surface area contributed by atoms with Crippen LogP contribution >= 0.6 is 24.0 Å². The standard InChI is InChI=1S/C16H27N3O2.HI/c1-16(2,3)19-15(17-4)18-10-11-21-12-13-8-6-7-9-14(13)20-5;/h6-9H,10-12H2,1-5H3,(H2,17,18,19);1H. The minimum Gasteiger partial charge on any atom is -0.496 e. The number of benzene rings is 1. The summed E-state index contributed by atoms with van der Waals surface area (Å²) in [4.78, 5) is 4.18. The topological polar surface area (TPSA) is 54.9 Å². The van der Waals surface area contributed by atoms with E-state index in [0.29, 0.717) is 19.8 Å². The lowest BCUT2D eigenvalue weighted by molar-refractivity contribution is 0.123. The number of nitrogens with zero attached hydrogens (tertiary/aromatic N) is 1. The first-order chi connectivity index (χ1) is 9.96. The molecule has 22 heavy (non-hydrogen) atoms. The van der Waals surface area contributed by atoms with Crippen LogP contribution in [0.25, 0.3) is 0 Å². The Kier molecular flexibility index (Phi) is 10.2. The lowest BCUT2D eigenvalue weighted by Crippen LogP contribution is -2.48. The van der Waals surface area contributed by atoms with Crippen molar-refractivity contribution in [2.75, 3.05) is 27.3 Å². The van der Waals surface area contributed by atoms with Gasteiger partial charge < -0.3 is 20.1 Å². The number of aliphatic imine (C=N–C) groups is 1. The van der Waals surface area contributed by atoms with E-state index in [1.165, 1.54) is 0 Å². The van der Waals surface area contributed by atoms with Gasteiger partial charge in [0.15, 0.2) is 5.96 Å². The first-order valence-corrected chi connectivity index (χ1v) is 7.15. The van der Waals surface area contributed by atoms with E-state index < -0.39 is 0 Å². The molecule has 0 bridgehead atoms. The highest BCUT2D eigenvalue weighted by Gasteiger charge is 2.11. The van der Waals surface area contributed by atoms with Crippen LogP contribution in [0.3, 0.4) is 0 Å². The van der Waals surface area contributed by atoms with E-state index >= 15 is 0 Å². The zero-order chi connectivity index (χ0) is 15.7. The number of methoxy groups -OCH3 is 1. The predicted octanol–water partition coefficient (Wildman–Crippen LogP) is 2.79. The number of halogens is 1. The van der Waals surface area contributed by atoms with Gasteiger partial charge in [-0.3, -0.25) is 4.99 Å². The van der Waals surface area contributed by atoms with E-state index in [1.807, 2.05) is 24.3 Å². The highest BCUT2D eigenvalue weighted by atomic mass is 127. The minimum absolute atomic E-state index is 0. The molecule has 126 valence electrons. The van der Waals surface area contributed by atoms with Gasteiger partial charge in [0.05, 0.1) is 20.3 Å². The molecule has 0 saturated carbocycles.